The van der Waals surface area contributed by atoms with Crippen molar-refractivity contribution < 1.29 is 13.2 Å². The molecule has 2 aromatic rings. The van der Waals surface area contributed by atoms with Gasteiger partial charge in [-0.3, -0.25) is 0 Å². The molecule has 0 saturated heterocycles. The van der Waals surface area contributed by atoms with Crippen LogP contribution in [0.25, 0.3) is 11.1 Å². The van der Waals surface area contributed by atoms with Crippen molar-refractivity contribution in [1.82, 2.24) is 0 Å². The molecule has 0 heterocycles. The van der Waals surface area contributed by atoms with Crippen LogP contribution in [0.2, 0.25) is 5.02 Å². The zero-order valence-corrected chi connectivity index (χ0v) is 10.8. The molecule has 0 bridgehead atoms. The summed E-state index contributed by atoms with van der Waals surface area (Å²) in [5.41, 5.74) is 7.43. The molecule has 2 aromatic carbocycles. The molecule has 0 aliphatic heterocycles. The molecule has 1 nitrogen and oxygen atoms in total. The molecule has 0 unspecified atom stereocenters. The fraction of sp³-hybridized carbons (Fsp3) is 0.143. The molecule has 0 aliphatic carbocycles. The molecule has 100 valence electrons. The van der Waals surface area contributed by atoms with E-state index in [0.717, 1.165) is 12.1 Å². The zero-order chi connectivity index (χ0) is 14.2. The average Bonchev–Trinajstić information content (AvgIpc) is 2.31. The van der Waals surface area contributed by atoms with Crippen LogP contribution in [0.4, 0.5) is 18.9 Å². The average molecular weight is 286 g/mol. The second-order valence-electron chi connectivity index (χ2n) is 4.26. The molecular formula is C14H11ClF3N. The Morgan fingerprint density at radius 2 is 1.68 bits per heavy atom. The van der Waals surface area contributed by atoms with Crippen LogP contribution in [0.1, 0.15) is 11.1 Å². The van der Waals surface area contributed by atoms with E-state index in [2.05, 4.69) is 0 Å². The summed E-state index contributed by atoms with van der Waals surface area (Å²) >= 11 is 5.89. The molecule has 0 atom stereocenters. The summed E-state index contributed by atoms with van der Waals surface area (Å²) < 4.78 is 37.8. The van der Waals surface area contributed by atoms with Crippen LogP contribution in [0, 0.1) is 6.92 Å². The third-order valence-corrected chi connectivity index (χ3v) is 3.09. The third kappa shape index (κ3) is 2.84. The molecule has 19 heavy (non-hydrogen) atoms. The van der Waals surface area contributed by atoms with Gasteiger partial charge >= 0.3 is 6.18 Å². The van der Waals surface area contributed by atoms with Crippen molar-refractivity contribution in [2.45, 2.75) is 13.1 Å². The molecule has 0 aliphatic rings. The van der Waals surface area contributed by atoms with Crippen LogP contribution in [0.15, 0.2) is 36.4 Å². The van der Waals surface area contributed by atoms with Gasteiger partial charge in [0.15, 0.2) is 0 Å². The zero-order valence-electron chi connectivity index (χ0n) is 10.1. The van der Waals surface area contributed by atoms with Crippen molar-refractivity contribution in [1.29, 1.82) is 0 Å². The van der Waals surface area contributed by atoms with Gasteiger partial charge in [0.2, 0.25) is 0 Å². The lowest BCUT2D eigenvalue weighted by Crippen LogP contribution is -2.05. The van der Waals surface area contributed by atoms with E-state index in [9.17, 15) is 13.2 Å². The van der Waals surface area contributed by atoms with Gasteiger partial charge in [0.25, 0.3) is 0 Å². The van der Waals surface area contributed by atoms with E-state index in [1.807, 2.05) is 0 Å². The van der Waals surface area contributed by atoms with Crippen LogP contribution in [0.3, 0.4) is 0 Å². The van der Waals surface area contributed by atoms with E-state index >= 15 is 0 Å². The predicted octanol–water partition coefficient (Wildman–Crippen LogP) is 4.92. The first-order chi connectivity index (χ1) is 8.79. The Labute approximate surface area is 113 Å². The number of hydrogen-bond acceptors (Lipinski definition) is 1. The monoisotopic (exact) mass is 285 g/mol. The summed E-state index contributed by atoms with van der Waals surface area (Å²) in [6.45, 7) is 1.62. The summed E-state index contributed by atoms with van der Waals surface area (Å²) in [6, 6.07) is 8.49. The van der Waals surface area contributed by atoms with Crippen molar-refractivity contribution in [2.75, 3.05) is 5.73 Å². The van der Waals surface area contributed by atoms with E-state index in [4.69, 9.17) is 17.3 Å². The number of aryl methyl sites for hydroxylation is 1. The van der Waals surface area contributed by atoms with Crippen molar-refractivity contribution in [3.63, 3.8) is 0 Å². The smallest absolute Gasteiger partial charge is 0.398 e. The first-order valence-electron chi connectivity index (χ1n) is 5.52. The second-order valence-corrected chi connectivity index (χ2v) is 4.70. The van der Waals surface area contributed by atoms with Gasteiger partial charge < -0.3 is 5.73 Å². The van der Waals surface area contributed by atoms with Gasteiger partial charge in [0.1, 0.15) is 0 Å². The molecule has 5 heteroatoms. The Morgan fingerprint density at radius 1 is 1.00 bits per heavy atom. The number of alkyl halides is 3. The number of nitrogen functional groups attached to an aromatic ring is 1. The maximum absolute atomic E-state index is 12.6. The molecule has 0 spiro atoms. The van der Waals surface area contributed by atoms with E-state index in [0.29, 0.717) is 27.4 Å². The normalized spacial score (nSPS) is 11.6. The largest absolute Gasteiger partial charge is 0.416 e. The van der Waals surface area contributed by atoms with E-state index < -0.39 is 11.7 Å². The van der Waals surface area contributed by atoms with Crippen molar-refractivity contribution in [3.8, 4) is 11.1 Å². The lowest BCUT2D eigenvalue weighted by Gasteiger charge is -2.13. The molecule has 0 fully saturated rings. The number of rotatable bonds is 1. The van der Waals surface area contributed by atoms with Crippen molar-refractivity contribution in [3.05, 3.63) is 52.5 Å². The molecule has 0 amide bonds. The Morgan fingerprint density at radius 3 is 2.26 bits per heavy atom. The minimum Gasteiger partial charge on any atom is -0.398 e. The molecule has 0 aromatic heterocycles. The minimum absolute atomic E-state index is 0.479. The van der Waals surface area contributed by atoms with Gasteiger partial charge in [-0.05, 0) is 48.4 Å². The summed E-state index contributed by atoms with van der Waals surface area (Å²) in [5, 5.41) is 0.489. The summed E-state index contributed by atoms with van der Waals surface area (Å²) in [4.78, 5) is 0. The van der Waals surface area contributed by atoms with Gasteiger partial charge in [0, 0.05) is 16.3 Å². The molecule has 2 rings (SSSR count). The highest BCUT2D eigenvalue weighted by Gasteiger charge is 2.30. The highest BCUT2D eigenvalue weighted by atomic mass is 35.5. The summed E-state index contributed by atoms with van der Waals surface area (Å²) in [5.74, 6) is 0. The predicted molar refractivity (Wildman–Crippen MR) is 71.0 cm³/mol. The number of hydrogen-bond donors (Lipinski definition) is 1. The fourth-order valence-electron chi connectivity index (χ4n) is 1.90. The molecular weight excluding hydrogens is 275 g/mol. The fourth-order valence-corrected chi connectivity index (χ4v) is 2.08. The summed E-state index contributed by atoms with van der Waals surface area (Å²) in [7, 11) is 0. The first-order valence-corrected chi connectivity index (χ1v) is 5.90. The van der Waals surface area contributed by atoms with Gasteiger partial charge in [-0.15, -0.1) is 0 Å². The van der Waals surface area contributed by atoms with E-state index in [1.54, 1.807) is 25.1 Å². The van der Waals surface area contributed by atoms with Gasteiger partial charge in [-0.1, -0.05) is 17.7 Å². The maximum Gasteiger partial charge on any atom is 0.416 e. The first kappa shape index (κ1) is 13.7. The quantitative estimate of drug-likeness (QED) is 0.740. The van der Waals surface area contributed by atoms with Crippen molar-refractivity contribution >= 4 is 17.3 Å². The number of nitrogens with two attached hydrogens (primary N) is 1. The lowest BCUT2D eigenvalue weighted by molar-refractivity contribution is -0.137. The highest BCUT2D eigenvalue weighted by Crippen LogP contribution is 2.35. The van der Waals surface area contributed by atoms with Crippen LogP contribution in [-0.4, -0.2) is 0 Å². The van der Waals surface area contributed by atoms with Gasteiger partial charge in [-0.25, -0.2) is 0 Å². The summed E-state index contributed by atoms with van der Waals surface area (Å²) in [6.07, 6.45) is -4.34. The minimum atomic E-state index is -4.34. The maximum atomic E-state index is 12.6. The van der Waals surface area contributed by atoms with E-state index in [1.165, 1.54) is 6.07 Å². The standard InChI is InChI=1S/C14H11ClF3N/c1-8-6-9(14(16,17)18)2-4-11(8)12-7-10(15)3-5-13(12)19/h2-7H,19H2,1H3. The number of halogens is 4. The second kappa shape index (κ2) is 4.78. The Bertz CT molecular complexity index is 621. The third-order valence-electron chi connectivity index (χ3n) is 2.86. The lowest BCUT2D eigenvalue weighted by atomic mass is 9.97. The molecule has 0 radical (unpaired) electrons. The number of anilines is 1. The van der Waals surface area contributed by atoms with Crippen LogP contribution < -0.4 is 5.73 Å². The van der Waals surface area contributed by atoms with Crippen molar-refractivity contribution in [2.24, 2.45) is 0 Å². The Kier molecular flexibility index (Phi) is 3.45. The Balaban J connectivity index is 2.55. The van der Waals surface area contributed by atoms with Crippen LogP contribution in [-0.2, 0) is 6.18 Å². The Hall–Kier alpha value is -1.68. The topological polar surface area (TPSA) is 26.0 Å². The van der Waals surface area contributed by atoms with Gasteiger partial charge in [0.05, 0.1) is 5.56 Å². The van der Waals surface area contributed by atoms with E-state index in [-0.39, 0.29) is 0 Å². The van der Waals surface area contributed by atoms with Gasteiger partial charge in [-0.2, -0.15) is 13.2 Å². The SMILES string of the molecule is Cc1cc(C(F)(F)F)ccc1-c1cc(Cl)ccc1N. The molecule has 0 saturated carbocycles. The highest BCUT2D eigenvalue weighted by molar-refractivity contribution is 6.31. The number of benzene rings is 2. The molecule has 2 N–H and O–H groups in total. The van der Waals surface area contributed by atoms with Crippen LogP contribution >= 0.6 is 11.6 Å². The van der Waals surface area contributed by atoms with Crippen LogP contribution in [0.5, 0.6) is 0 Å².